The molecule has 1 heterocycles. The summed E-state index contributed by atoms with van der Waals surface area (Å²) >= 11 is 0. The second kappa shape index (κ2) is 10.4. The lowest BCUT2D eigenvalue weighted by atomic mass is 9.95. The number of nitrogens with one attached hydrogen (secondary N) is 1. The summed E-state index contributed by atoms with van der Waals surface area (Å²) in [4.78, 5) is 29.4. The number of benzene rings is 1. The molecule has 0 aromatic heterocycles. The van der Waals surface area contributed by atoms with Gasteiger partial charge in [-0.15, -0.1) is 0 Å². The zero-order valence-corrected chi connectivity index (χ0v) is 20.0. The lowest BCUT2D eigenvalue weighted by Crippen LogP contribution is -2.50. The summed E-state index contributed by atoms with van der Waals surface area (Å²) in [5.41, 5.74) is 0.787. The Morgan fingerprint density at radius 3 is 2.58 bits per heavy atom. The number of nitrogens with zero attached hydrogens (tertiary/aromatic N) is 2. The third-order valence-corrected chi connectivity index (χ3v) is 5.64. The van der Waals surface area contributed by atoms with Gasteiger partial charge in [-0.05, 0) is 91.5 Å². The SMILES string of the molecule is Cc1ccc(F)cc1NC(=O)C(C)N1CCCC(CN(C(=O)OC(C)(C)C)C(C)C)C1. The molecule has 6 nitrogen and oxygen atoms in total. The van der Waals surface area contributed by atoms with E-state index in [1.807, 2.05) is 48.5 Å². The smallest absolute Gasteiger partial charge is 0.410 e. The Morgan fingerprint density at radius 1 is 1.29 bits per heavy atom. The van der Waals surface area contributed by atoms with Crippen LogP contribution in [0, 0.1) is 18.7 Å². The van der Waals surface area contributed by atoms with E-state index in [2.05, 4.69) is 10.2 Å². The molecule has 174 valence electrons. The highest BCUT2D eigenvalue weighted by molar-refractivity contribution is 5.95. The molecule has 1 aliphatic heterocycles. The molecule has 2 rings (SSSR count). The van der Waals surface area contributed by atoms with Crippen molar-refractivity contribution in [2.75, 3.05) is 25.0 Å². The molecule has 1 N–H and O–H groups in total. The van der Waals surface area contributed by atoms with Crippen LogP contribution in [0.25, 0.3) is 0 Å². The van der Waals surface area contributed by atoms with Crippen molar-refractivity contribution >= 4 is 17.7 Å². The highest BCUT2D eigenvalue weighted by Gasteiger charge is 2.31. The number of ether oxygens (including phenoxy) is 1. The second-order valence-corrected chi connectivity index (χ2v) is 9.85. The number of piperidine rings is 1. The second-order valence-electron chi connectivity index (χ2n) is 9.85. The van der Waals surface area contributed by atoms with Crippen LogP contribution in [0.4, 0.5) is 14.9 Å². The normalized spacial score (nSPS) is 18.5. The van der Waals surface area contributed by atoms with Crippen LogP contribution in [0.15, 0.2) is 18.2 Å². The molecule has 1 fully saturated rings. The van der Waals surface area contributed by atoms with E-state index in [0.29, 0.717) is 12.2 Å². The van der Waals surface area contributed by atoms with Gasteiger partial charge in [0.15, 0.2) is 0 Å². The van der Waals surface area contributed by atoms with Crippen LogP contribution in [0.2, 0.25) is 0 Å². The number of amides is 2. The molecular weight excluding hydrogens is 397 g/mol. The average molecular weight is 436 g/mol. The van der Waals surface area contributed by atoms with Gasteiger partial charge in [-0.2, -0.15) is 0 Å². The fraction of sp³-hybridized carbons (Fsp3) is 0.667. The van der Waals surface area contributed by atoms with E-state index < -0.39 is 5.60 Å². The van der Waals surface area contributed by atoms with E-state index in [1.54, 1.807) is 11.0 Å². The van der Waals surface area contributed by atoms with Gasteiger partial charge in [0.25, 0.3) is 0 Å². The molecule has 0 aliphatic carbocycles. The summed E-state index contributed by atoms with van der Waals surface area (Å²) < 4.78 is 19.1. The number of anilines is 1. The molecule has 1 aliphatic rings. The maximum Gasteiger partial charge on any atom is 0.410 e. The van der Waals surface area contributed by atoms with E-state index in [-0.39, 0.29) is 35.8 Å². The highest BCUT2D eigenvalue weighted by atomic mass is 19.1. The first-order chi connectivity index (χ1) is 14.4. The number of likely N-dealkylation sites (tertiary alicyclic amines) is 1. The quantitative estimate of drug-likeness (QED) is 0.696. The van der Waals surface area contributed by atoms with E-state index in [0.717, 1.165) is 31.5 Å². The molecule has 0 radical (unpaired) electrons. The van der Waals surface area contributed by atoms with Gasteiger partial charge in [0.2, 0.25) is 5.91 Å². The molecule has 31 heavy (non-hydrogen) atoms. The third-order valence-electron chi connectivity index (χ3n) is 5.64. The Bertz CT molecular complexity index is 776. The van der Waals surface area contributed by atoms with Crippen LogP contribution in [0.5, 0.6) is 0 Å². The molecule has 2 atom stereocenters. The zero-order chi connectivity index (χ0) is 23.3. The lowest BCUT2D eigenvalue weighted by Gasteiger charge is -2.39. The Kier molecular flexibility index (Phi) is 8.46. The molecule has 1 aromatic carbocycles. The maximum atomic E-state index is 13.6. The summed E-state index contributed by atoms with van der Waals surface area (Å²) in [6.07, 6.45) is 1.66. The van der Waals surface area contributed by atoms with Crippen LogP contribution in [0.1, 0.15) is 59.9 Å². The molecule has 0 saturated carbocycles. The average Bonchev–Trinajstić information content (AvgIpc) is 2.66. The summed E-state index contributed by atoms with van der Waals surface area (Å²) in [5.74, 6) is -0.264. The number of hydrogen-bond acceptors (Lipinski definition) is 4. The van der Waals surface area contributed by atoms with Crippen LogP contribution in [-0.4, -0.2) is 59.1 Å². The third kappa shape index (κ3) is 7.49. The zero-order valence-electron chi connectivity index (χ0n) is 20.0. The van der Waals surface area contributed by atoms with Crippen LogP contribution in [0.3, 0.4) is 0 Å². The summed E-state index contributed by atoms with van der Waals surface area (Å²) in [5, 5.41) is 2.86. The van der Waals surface area contributed by atoms with Crippen molar-refractivity contribution < 1.29 is 18.7 Å². The van der Waals surface area contributed by atoms with Gasteiger partial charge in [0, 0.05) is 24.8 Å². The van der Waals surface area contributed by atoms with Gasteiger partial charge < -0.3 is 15.0 Å². The molecule has 2 unspecified atom stereocenters. The minimum Gasteiger partial charge on any atom is -0.444 e. The van der Waals surface area contributed by atoms with E-state index in [4.69, 9.17) is 4.74 Å². The van der Waals surface area contributed by atoms with Crippen molar-refractivity contribution in [3.8, 4) is 0 Å². The monoisotopic (exact) mass is 435 g/mol. The van der Waals surface area contributed by atoms with Gasteiger partial charge in [0.05, 0.1) is 6.04 Å². The lowest BCUT2D eigenvalue weighted by molar-refractivity contribution is -0.121. The van der Waals surface area contributed by atoms with E-state index in [1.165, 1.54) is 12.1 Å². The minimum atomic E-state index is -0.537. The van der Waals surface area contributed by atoms with Crippen molar-refractivity contribution in [1.29, 1.82) is 0 Å². The van der Waals surface area contributed by atoms with Gasteiger partial charge in [-0.25, -0.2) is 9.18 Å². The fourth-order valence-electron chi connectivity index (χ4n) is 3.82. The summed E-state index contributed by atoms with van der Waals surface area (Å²) in [7, 11) is 0. The first-order valence-corrected chi connectivity index (χ1v) is 11.2. The Hall–Kier alpha value is -2.15. The molecule has 0 bridgehead atoms. The number of carbonyl (C=O) groups excluding carboxylic acids is 2. The maximum absolute atomic E-state index is 13.6. The Morgan fingerprint density at radius 2 is 1.97 bits per heavy atom. The number of rotatable bonds is 6. The van der Waals surface area contributed by atoms with Gasteiger partial charge in [0.1, 0.15) is 11.4 Å². The topological polar surface area (TPSA) is 61.9 Å². The van der Waals surface area contributed by atoms with Crippen molar-refractivity contribution in [2.24, 2.45) is 5.92 Å². The van der Waals surface area contributed by atoms with Gasteiger partial charge >= 0.3 is 6.09 Å². The van der Waals surface area contributed by atoms with E-state index in [9.17, 15) is 14.0 Å². The van der Waals surface area contributed by atoms with Gasteiger partial charge in [-0.1, -0.05) is 6.07 Å². The van der Waals surface area contributed by atoms with Crippen molar-refractivity contribution in [2.45, 2.75) is 79.0 Å². The number of halogens is 1. The Balaban J connectivity index is 2.00. The molecular formula is C24H38FN3O3. The predicted octanol–water partition coefficient (Wildman–Crippen LogP) is 4.82. The first kappa shape index (κ1) is 25.1. The van der Waals surface area contributed by atoms with Crippen molar-refractivity contribution in [3.05, 3.63) is 29.6 Å². The van der Waals surface area contributed by atoms with Crippen LogP contribution >= 0.6 is 0 Å². The van der Waals surface area contributed by atoms with E-state index >= 15 is 0 Å². The number of carbonyl (C=O) groups is 2. The van der Waals surface area contributed by atoms with Crippen LogP contribution in [-0.2, 0) is 9.53 Å². The highest BCUT2D eigenvalue weighted by Crippen LogP contribution is 2.23. The number of aryl methyl sites for hydroxylation is 1. The summed E-state index contributed by atoms with van der Waals surface area (Å²) in [6, 6.07) is 4.07. The first-order valence-electron chi connectivity index (χ1n) is 11.2. The van der Waals surface area contributed by atoms with Crippen LogP contribution < -0.4 is 5.32 Å². The Labute approximate surface area is 186 Å². The standard InChI is InChI=1S/C24H38FN3O3/c1-16(2)28(23(30)31-24(5,6)7)15-19-9-8-12-27(14-19)18(4)22(29)26-21-13-20(25)11-10-17(21)3/h10-11,13,16,18-19H,8-9,12,14-15H2,1-7H3,(H,26,29). The molecule has 1 saturated heterocycles. The van der Waals surface area contributed by atoms with Crippen molar-refractivity contribution in [1.82, 2.24) is 9.80 Å². The number of hydrogen-bond donors (Lipinski definition) is 1. The molecule has 0 spiro atoms. The molecule has 1 aromatic rings. The molecule has 2 amide bonds. The summed E-state index contributed by atoms with van der Waals surface area (Å²) in [6.45, 7) is 15.4. The minimum absolute atomic E-state index is 0.0295. The largest absolute Gasteiger partial charge is 0.444 e. The predicted molar refractivity (Wildman–Crippen MR) is 122 cm³/mol. The van der Waals surface area contributed by atoms with Crippen molar-refractivity contribution in [3.63, 3.8) is 0 Å². The van der Waals surface area contributed by atoms with Gasteiger partial charge in [-0.3, -0.25) is 9.69 Å². The molecule has 7 heteroatoms. The fourth-order valence-corrected chi connectivity index (χ4v) is 3.82.